The van der Waals surface area contributed by atoms with Crippen molar-refractivity contribution in [3.63, 3.8) is 0 Å². The van der Waals surface area contributed by atoms with Gasteiger partial charge in [-0.05, 0) is 28.1 Å². The number of hydrogen-bond donors (Lipinski definition) is 2. The minimum atomic E-state index is -0.243. The standard InChI is InChI=1S/C13H11BrN4O2/c14-9-3-1-2-8-6-10(20-12(8)9)13(19)15-5-4-11-16-7-17-18-11/h1-3,6-7H,4-5H2,(H,15,19)(H,16,17,18). The molecule has 2 aromatic heterocycles. The maximum absolute atomic E-state index is 12.0. The van der Waals surface area contributed by atoms with E-state index in [4.69, 9.17) is 4.42 Å². The number of benzene rings is 1. The number of furan rings is 1. The molecule has 0 atom stereocenters. The summed E-state index contributed by atoms with van der Waals surface area (Å²) in [4.78, 5) is 16.0. The quantitative estimate of drug-likeness (QED) is 0.766. The average Bonchev–Trinajstić information content (AvgIpc) is 3.07. The molecule has 0 aliphatic rings. The maximum atomic E-state index is 12.0. The Labute approximate surface area is 122 Å². The molecule has 0 saturated carbocycles. The predicted molar refractivity (Wildman–Crippen MR) is 76.3 cm³/mol. The zero-order valence-corrected chi connectivity index (χ0v) is 12.0. The van der Waals surface area contributed by atoms with Crippen molar-refractivity contribution in [3.05, 3.63) is 46.7 Å². The van der Waals surface area contributed by atoms with E-state index >= 15 is 0 Å². The lowest BCUT2D eigenvalue weighted by atomic mass is 10.2. The fraction of sp³-hybridized carbons (Fsp3) is 0.154. The second kappa shape index (κ2) is 5.46. The van der Waals surface area contributed by atoms with Crippen molar-refractivity contribution in [1.82, 2.24) is 20.5 Å². The van der Waals surface area contributed by atoms with Gasteiger partial charge in [0.15, 0.2) is 5.76 Å². The predicted octanol–water partition coefficient (Wildman–Crippen LogP) is 2.29. The highest BCUT2D eigenvalue weighted by atomic mass is 79.9. The number of para-hydroxylation sites is 1. The second-order valence-corrected chi connectivity index (χ2v) is 5.06. The van der Waals surface area contributed by atoms with E-state index in [0.29, 0.717) is 24.3 Å². The zero-order chi connectivity index (χ0) is 13.9. The number of aromatic nitrogens is 3. The topological polar surface area (TPSA) is 83.8 Å². The first-order valence-electron chi connectivity index (χ1n) is 6.04. The summed E-state index contributed by atoms with van der Waals surface area (Å²) in [6, 6.07) is 7.39. The Balaban J connectivity index is 1.68. The van der Waals surface area contributed by atoms with Crippen LogP contribution < -0.4 is 5.32 Å². The van der Waals surface area contributed by atoms with Crippen LogP contribution in [0.5, 0.6) is 0 Å². The summed E-state index contributed by atoms with van der Waals surface area (Å²) < 4.78 is 6.38. The van der Waals surface area contributed by atoms with Gasteiger partial charge < -0.3 is 9.73 Å². The number of carbonyl (C=O) groups excluding carboxylic acids is 1. The lowest BCUT2D eigenvalue weighted by Crippen LogP contribution is -2.25. The SMILES string of the molecule is O=C(NCCc1ncn[nH]1)c1cc2cccc(Br)c2o1. The number of nitrogens with one attached hydrogen (secondary N) is 2. The van der Waals surface area contributed by atoms with Crippen molar-refractivity contribution in [2.75, 3.05) is 6.54 Å². The molecule has 102 valence electrons. The summed E-state index contributed by atoms with van der Waals surface area (Å²) in [5.74, 6) is 0.787. The maximum Gasteiger partial charge on any atom is 0.287 e. The summed E-state index contributed by atoms with van der Waals surface area (Å²) in [7, 11) is 0. The van der Waals surface area contributed by atoms with E-state index in [-0.39, 0.29) is 5.91 Å². The van der Waals surface area contributed by atoms with Crippen LogP contribution in [0.2, 0.25) is 0 Å². The summed E-state index contributed by atoms with van der Waals surface area (Å²) in [6.07, 6.45) is 2.03. The van der Waals surface area contributed by atoms with Crippen LogP contribution in [-0.2, 0) is 6.42 Å². The summed E-state index contributed by atoms with van der Waals surface area (Å²) in [6.45, 7) is 0.465. The Morgan fingerprint density at radius 2 is 2.35 bits per heavy atom. The Morgan fingerprint density at radius 3 is 3.10 bits per heavy atom. The number of rotatable bonds is 4. The molecule has 0 bridgehead atoms. The van der Waals surface area contributed by atoms with Crippen molar-refractivity contribution in [3.8, 4) is 0 Å². The number of H-pyrrole nitrogens is 1. The molecule has 7 heteroatoms. The molecule has 3 aromatic rings. The van der Waals surface area contributed by atoms with Gasteiger partial charge in [0.1, 0.15) is 17.7 Å². The lowest BCUT2D eigenvalue weighted by molar-refractivity contribution is 0.0928. The number of nitrogens with zero attached hydrogens (tertiary/aromatic N) is 2. The number of carbonyl (C=O) groups is 1. The van der Waals surface area contributed by atoms with E-state index in [1.165, 1.54) is 6.33 Å². The van der Waals surface area contributed by atoms with Crippen molar-refractivity contribution >= 4 is 32.8 Å². The highest BCUT2D eigenvalue weighted by Crippen LogP contribution is 2.26. The van der Waals surface area contributed by atoms with Gasteiger partial charge in [-0.2, -0.15) is 5.10 Å². The molecule has 6 nitrogen and oxygen atoms in total. The third kappa shape index (κ3) is 2.57. The van der Waals surface area contributed by atoms with E-state index in [9.17, 15) is 4.79 Å². The first-order chi connectivity index (χ1) is 9.74. The molecule has 0 saturated heterocycles. The van der Waals surface area contributed by atoms with Gasteiger partial charge in [0.2, 0.25) is 0 Å². The Bertz CT molecular complexity index is 736. The lowest BCUT2D eigenvalue weighted by Gasteiger charge is -2.00. The average molecular weight is 335 g/mol. The fourth-order valence-electron chi connectivity index (χ4n) is 1.87. The zero-order valence-electron chi connectivity index (χ0n) is 10.4. The van der Waals surface area contributed by atoms with Gasteiger partial charge in [-0.1, -0.05) is 12.1 Å². The summed E-state index contributed by atoms with van der Waals surface area (Å²) in [5, 5.41) is 10.2. The van der Waals surface area contributed by atoms with Crippen molar-refractivity contribution in [2.45, 2.75) is 6.42 Å². The molecule has 3 rings (SSSR count). The smallest absolute Gasteiger partial charge is 0.287 e. The van der Waals surface area contributed by atoms with E-state index < -0.39 is 0 Å². The molecular weight excluding hydrogens is 324 g/mol. The van der Waals surface area contributed by atoms with E-state index in [0.717, 1.165) is 15.7 Å². The van der Waals surface area contributed by atoms with Crippen LogP contribution in [0.25, 0.3) is 11.0 Å². The van der Waals surface area contributed by atoms with Crippen LogP contribution in [0.4, 0.5) is 0 Å². The third-order valence-corrected chi connectivity index (χ3v) is 3.46. The van der Waals surface area contributed by atoms with E-state index in [1.54, 1.807) is 6.07 Å². The summed E-state index contributed by atoms with van der Waals surface area (Å²) >= 11 is 3.39. The molecule has 0 aliphatic heterocycles. The molecular formula is C13H11BrN4O2. The first kappa shape index (κ1) is 12.9. The normalized spacial score (nSPS) is 10.8. The second-order valence-electron chi connectivity index (χ2n) is 4.21. The van der Waals surface area contributed by atoms with Gasteiger partial charge in [0.05, 0.1) is 4.47 Å². The Hall–Kier alpha value is -2.15. The van der Waals surface area contributed by atoms with Gasteiger partial charge in [0, 0.05) is 18.4 Å². The number of aromatic amines is 1. The van der Waals surface area contributed by atoms with Crippen molar-refractivity contribution < 1.29 is 9.21 Å². The fourth-order valence-corrected chi connectivity index (χ4v) is 2.33. The van der Waals surface area contributed by atoms with Crippen LogP contribution in [-0.4, -0.2) is 27.6 Å². The Morgan fingerprint density at radius 1 is 1.45 bits per heavy atom. The van der Waals surface area contributed by atoms with E-state index in [2.05, 4.69) is 36.4 Å². The molecule has 0 aliphatic carbocycles. The van der Waals surface area contributed by atoms with Crippen LogP contribution in [0.1, 0.15) is 16.4 Å². The van der Waals surface area contributed by atoms with Crippen LogP contribution >= 0.6 is 15.9 Å². The first-order valence-corrected chi connectivity index (χ1v) is 6.84. The molecule has 2 heterocycles. The van der Waals surface area contributed by atoms with Crippen LogP contribution in [0.3, 0.4) is 0 Å². The van der Waals surface area contributed by atoms with Crippen molar-refractivity contribution in [1.29, 1.82) is 0 Å². The van der Waals surface area contributed by atoms with Gasteiger partial charge in [-0.15, -0.1) is 0 Å². The minimum absolute atomic E-state index is 0.243. The largest absolute Gasteiger partial charge is 0.450 e. The third-order valence-electron chi connectivity index (χ3n) is 2.83. The molecule has 20 heavy (non-hydrogen) atoms. The summed E-state index contributed by atoms with van der Waals surface area (Å²) in [5.41, 5.74) is 0.674. The van der Waals surface area contributed by atoms with Gasteiger partial charge in [-0.25, -0.2) is 4.98 Å². The van der Waals surface area contributed by atoms with Gasteiger partial charge >= 0.3 is 0 Å². The van der Waals surface area contributed by atoms with E-state index in [1.807, 2.05) is 18.2 Å². The number of amides is 1. The number of fused-ring (bicyclic) bond motifs is 1. The number of hydrogen-bond acceptors (Lipinski definition) is 4. The molecule has 1 aromatic carbocycles. The minimum Gasteiger partial charge on any atom is -0.450 e. The van der Waals surface area contributed by atoms with Crippen LogP contribution in [0.15, 0.2) is 39.5 Å². The molecule has 0 unspecified atom stereocenters. The van der Waals surface area contributed by atoms with Gasteiger partial charge in [-0.3, -0.25) is 9.89 Å². The van der Waals surface area contributed by atoms with Crippen LogP contribution in [0, 0.1) is 0 Å². The molecule has 2 N–H and O–H groups in total. The highest BCUT2D eigenvalue weighted by Gasteiger charge is 2.13. The number of halogens is 1. The molecule has 1 amide bonds. The molecule has 0 spiro atoms. The monoisotopic (exact) mass is 334 g/mol. The molecule has 0 fully saturated rings. The van der Waals surface area contributed by atoms with Gasteiger partial charge in [0.25, 0.3) is 5.91 Å². The van der Waals surface area contributed by atoms with Crippen molar-refractivity contribution in [2.24, 2.45) is 0 Å². The molecule has 0 radical (unpaired) electrons. The Kier molecular flexibility index (Phi) is 3.51. The highest BCUT2D eigenvalue weighted by molar-refractivity contribution is 9.10.